The zero-order chi connectivity index (χ0) is 12.5. The fourth-order valence-corrected chi connectivity index (χ4v) is 2.33. The number of hydrogen-bond donors (Lipinski definition) is 1. The van der Waals surface area contributed by atoms with Crippen molar-refractivity contribution in [3.05, 3.63) is 35.5 Å². The van der Waals surface area contributed by atoms with Crippen LogP contribution >= 0.6 is 11.3 Å². The molecule has 3 aromatic rings. The van der Waals surface area contributed by atoms with E-state index >= 15 is 0 Å². The molecule has 3 heterocycles. The summed E-state index contributed by atoms with van der Waals surface area (Å²) in [5.74, 6) is -0.622. The summed E-state index contributed by atoms with van der Waals surface area (Å²) in [5, 5.41) is 22.8. The molecule has 0 unspecified atom stereocenters. The second kappa shape index (κ2) is 4.19. The molecule has 7 heteroatoms. The van der Waals surface area contributed by atoms with Gasteiger partial charge < -0.3 is 5.11 Å². The minimum Gasteiger partial charge on any atom is -0.481 e. The number of carbonyl (C=O) groups is 1. The predicted octanol–water partition coefficient (Wildman–Crippen LogP) is 1.48. The van der Waals surface area contributed by atoms with Crippen LogP contribution in [0.2, 0.25) is 0 Å². The first kappa shape index (κ1) is 10.8. The molecule has 0 aliphatic carbocycles. The molecule has 0 amide bonds. The van der Waals surface area contributed by atoms with E-state index < -0.39 is 5.97 Å². The molecular weight excluding hydrogens is 252 g/mol. The SMILES string of the molecule is O=C(O)Cc1nnc2ccc(-c3cccs3)nn12. The number of hydrogen-bond acceptors (Lipinski definition) is 5. The van der Waals surface area contributed by atoms with Gasteiger partial charge in [-0.05, 0) is 23.6 Å². The summed E-state index contributed by atoms with van der Waals surface area (Å²) < 4.78 is 1.48. The molecule has 0 bridgehead atoms. The molecule has 0 saturated carbocycles. The molecule has 0 aliphatic rings. The molecule has 0 atom stereocenters. The Kier molecular flexibility index (Phi) is 2.52. The number of thiophene rings is 1. The average Bonchev–Trinajstić information content (AvgIpc) is 2.98. The predicted molar refractivity (Wildman–Crippen MR) is 65.4 cm³/mol. The van der Waals surface area contributed by atoms with Crippen LogP contribution in [0.25, 0.3) is 16.2 Å². The maximum absolute atomic E-state index is 10.7. The van der Waals surface area contributed by atoms with E-state index in [1.807, 2.05) is 23.6 Å². The van der Waals surface area contributed by atoms with Gasteiger partial charge in [0.1, 0.15) is 12.1 Å². The van der Waals surface area contributed by atoms with Crippen molar-refractivity contribution in [2.45, 2.75) is 6.42 Å². The van der Waals surface area contributed by atoms with E-state index in [4.69, 9.17) is 5.11 Å². The Morgan fingerprint density at radius 1 is 1.33 bits per heavy atom. The molecule has 3 rings (SSSR count). The molecule has 0 fully saturated rings. The van der Waals surface area contributed by atoms with Gasteiger partial charge in [0.05, 0.1) is 4.88 Å². The van der Waals surface area contributed by atoms with E-state index in [-0.39, 0.29) is 6.42 Å². The second-order valence-electron chi connectivity index (χ2n) is 3.65. The lowest BCUT2D eigenvalue weighted by Gasteiger charge is -1.99. The maximum Gasteiger partial charge on any atom is 0.311 e. The molecule has 0 aromatic carbocycles. The Hall–Kier alpha value is -2.28. The fourth-order valence-electron chi connectivity index (χ4n) is 1.63. The monoisotopic (exact) mass is 260 g/mol. The number of aliphatic carboxylic acids is 1. The molecular formula is C11H8N4O2S. The van der Waals surface area contributed by atoms with Crippen molar-refractivity contribution >= 4 is 23.0 Å². The number of carboxylic acid groups (broad SMARTS) is 1. The minimum absolute atomic E-state index is 0.192. The highest BCUT2D eigenvalue weighted by Gasteiger charge is 2.11. The van der Waals surface area contributed by atoms with Gasteiger partial charge in [0, 0.05) is 0 Å². The maximum atomic E-state index is 10.7. The van der Waals surface area contributed by atoms with Crippen molar-refractivity contribution in [2.24, 2.45) is 0 Å². The quantitative estimate of drug-likeness (QED) is 0.771. The molecule has 0 radical (unpaired) electrons. The standard InChI is InChI=1S/C11H8N4O2S/c16-11(17)6-10-13-12-9-4-3-7(14-15(9)10)8-2-1-5-18-8/h1-5H,6H2,(H,16,17). The number of rotatable bonds is 3. The molecule has 0 saturated heterocycles. The number of nitrogens with zero attached hydrogens (tertiary/aromatic N) is 4. The molecule has 18 heavy (non-hydrogen) atoms. The topological polar surface area (TPSA) is 80.4 Å². The van der Waals surface area contributed by atoms with E-state index in [9.17, 15) is 4.79 Å². The molecule has 6 nitrogen and oxygen atoms in total. The zero-order valence-corrected chi connectivity index (χ0v) is 9.96. The summed E-state index contributed by atoms with van der Waals surface area (Å²) in [5.41, 5.74) is 1.33. The van der Waals surface area contributed by atoms with E-state index in [1.165, 1.54) is 4.52 Å². The Bertz CT molecular complexity index is 705. The van der Waals surface area contributed by atoms with Crippen LogP contribution in [0.4, 0.5) is 0 Å². The van der Waals surface area contributed by atoms with Gasteiger partial charge in [0.25, 0.3) is 0 Å². The normalized spacial score (nSPS) is 10.9. The van der Waals surface area contributed by atoms with Crippen molar-refractivity contribution in [1.29, 1.82) is 0 Å². The molecule has 0 spiro atoms. The largest absolute Gasteiger partial charge is 0.481 e. The molecule has 1 N–H and O–H groups in total. The van der Waals surface area contributed by atoms with Crippen LogP contribution < -0.4 is 0 Å². The van der Waals surface area contributed by atoms with E-state index in [2.05, 4.69) is 15.3 Å². The van der Waals surface area contributed by atoms with Gasteiger partial charge in [-0.3, -0.25) is 4.79 Å². The zero-order valence-electron chi connectivity index (χ0n) is 9.15. The first-order valence-corrected chi connectivity index (χ1v) is 6.09. The van der Waals surface area contributed by atoms with Gasteiger partial charge in [-0.2, -0.15) is 9.61 Å². The van der Waals surface area contributed by atoms with Crippen molar-refractivity contribution in [1.82, 2.24) is 19.8 Å². The Morgan fingerprint density at radius 3 is 2.94 bits per heavy atom. The third-order valence-electron chi connectivity index (χ3n) is 2.41. The highest BCUT2D eigenvalue weighted by atomic mass is 32.1. The lowest BCUT2D eigenvalue weighted by atomic mass is 10.3. The minimum atomic E-state index is -0.951. The highest BCUT2D eigenvalue weighted by molar-refractivity contribution is 7.13. The lowest BCUT2D eigenvalue weighted by Crippen LogP contribution is -2.06. The van der Waals surface area contributed by atoms with Crippen LogP contribution in [0.3, 0.4) is 0 Å². The van der Waals surface area contributed by atoms with Gasteiger partial charge >= 0.3 is 5.97 Å². The Morgan fingerprint density at radius 2 is 2.22 bits per heavy atom. The Labute approximate surface area is 106 Å². The van der Waals surface area contributed by atoms with Crippen LogP contribution in [-0.2, 0) is 11.2 Å². The van der Waals surface area contributed by atoms with Crippen LogP contribution in [0.5, 0.6) is 0 Å². The van der Waals surface area contributed by atoms with Crippen LogP contribution in [-0.4, -0.2) is 30.9 Å². The summed E-state index contributed by atoms with van der Waals surface area (Å²) in [7, 11) is 0. The smallest absolute Gasteiger partial charge is 0.311 e. The molecule has 90 valence electrons. The molecule has 0 aliphatic heterocycles. The van der Waals surface area contributed by atoms with Crippen molar-refractivity contribution in [3.8, 4) is 10.6 Å². The van der Waals surface area contributed by atoms with Crippen LogP contribution in [0.15, 0.2) is 29.6 Å². The number of aromatic nitrogens is 4. The van der Waals surface area contributed by atoms with E-state index in [1.54, 1.807) is 17.4 Å². The van der Waals surface area contributed by atoms with Gasteiger partial charge in [-0.15, -0.1) is 21.5 Å². The Balaban J connectivity index is 2.12. The molecule has 3 aromatic heterocycles. The van der Waals surface area contributed by atoms with Crippen molar-refractivity contribution < 1.29 is 9.90 Å². The lowest BCUT2D eigenvalue weighted by molar-refractivity contribution is -0.136. The summed E-state index contributed by atoms with van der Waals surface area (Å²) in [4.78, 5) is 11.7. The van der Waals surface area contributed by atoms with E-state index in [0.29, 0.717) is 11.5 Å². The summed E-state index contributed by atoms with van der Waals surface area (Å²) in [6.45, 7) is 0. The highest BCUT2D eigenvalue weighted by Crippen LogP contribution is 2.22. The van der Waals surface area contributed by atoms with Crippen LogP contribution in [0.1, 0.15) is 5.82 Å². The van der Waals surface area contributed by atoms with Gasteiger partial charge in [-0.1, -0.05) is 6.07 Å². The van der Waals surface area contributed by atoms with Crippen molar-refractivity contribution in [3.63, 3.8) is 0 Å². The van der Waals surface area contributed by atoms with Crippen LogP contribution in [0, 0.1) is 0 Å². The van der Waals surface area contributed by atoms with Gasteiger partial charge in [0.2, 0.25) is 0 Å². The van der Waals surface area contributed by atoms with Gasteiger partial charge in [0.15, 0.2) is 11.5 Å². The first-order chi connectivity index (χ1) is 8.74. The third kappa shape index (κ3) is 1.84. The summed E-state index contributed by atoms with van der Waals surface area (Å²) >= 11 is 1.57. The van der Waals surface area contributed by atoms with Crippen molar-refractivity contribution in [2.75, 3.05) is 0 Å². The summed E-state index contributed by atoms with van der Waals surface area (Å²) in [6, 6.07) is 7.52. The third-order valence-corrected chi connectivity index (χ3v) is 3.30. The first-order valence-electron chi connectivity index (χ1n) is 5.21. The average molecular weight is 260 g/mol. The summed E-state index contributed by atoms with van der Waals surface area (Å²) in [6.07, 6.45) is -0.192. The number of carboxylic acids is 1. The second-order valence-corrected chi connectivity index (χ2v) is 4.60. The van der Waals surface area contributed by atoms with Gasteiger partial charge in [-0.25, -0.2) is 0 Å². The van der Waals surface area contributed by atoms with E-state index in [0.717, 1.165) is 10.6 Å². The number of fused-ring (bicyclic) bond motifs is 1. The fraction of sp³-hybridized carbons (Fsp3) is 0.0909.